The summed E-state index contributed by atoms with van der Waals surface area (Å²) in [7, 11) is 0. The second-order valence-corrected chi connectivity index (χ2v) is 4.00. The van der Waals surface area contributed by atoms with Crippen molar-refractivity contribution in [3.63, 3.8) is 0 Å². The van der Waals surface area contributed by atoms with Crippen LogP contribution in [0.3, 0.4) is 0 Å². The lowest BCUT2D eigenvalue weighted by molar-refractivity contribution is -0.133. The molecule has 0 bridgehead atoms. The first-order valence-electron chi connectivity index (χ1n) is 5.16. The number of Topliss-reactive ketones (excluding diaryl/α,β-unsaturated/α-hetero) is 1. The van der Waals surface area contributed by atoms with Crippen LogP contribution in [0.25, 0.3) is 0 Å². The highest BCUT2D eigenvalue weighted by molar-refractivity contribution is 5.97. The van der Waals surface area contributed by atoms with Crippen LogP contribution >= 0.6 is 0 Å². The van der Waals surface area contributed by atoms with Crippen LogP contribution in [0.2, 0.25) is 0 Å². The molecule has 0 aliphatic heterocycles. The van der Waals surface area contributed by atoms with Crippen LogP contribution in [0, 0.1) is 0 Å². The summed E-state index contributed by atoms with van der Waals surface area (Å²) in [5.74, 6) is -0.753. The van der Waals surface area contributed by atoms with Gasteiger partial charge in [0, 0.05) is 12.8 Å². The Kier molecular flexibility index (Phi) is 3.87. The summed E-state index contributed by atoms with van der Waals surface area (Å²) in [6, 6.07) is 0. The number of carbonyl (C=O) groups is 3. The molecule has 1 fully saturated rings. The zero-order valence-corrected chi connectivity index (χ0v) is 9.12. The number of carboxylic acid groups (broad SMARTS) is 1. The minimum absolute atomic E-state index is 0.245. The van der Waals surface area contributed by atoms with Crippen molar-refractivity contribution < 1.29 is 24.2 Å². The van der Waals surface area contributed by atoms with E-state index >= 15 is 0 Å². The molecule has 1 aliphatic rings. The summed E-state index contributed by atoms with van der Waals surface area (Å²) in [4.78, 5) is 32.7. The molecule has 0 atom stereocenters. The molecule has 16 heavy (non-hydrogen) atoms. The van der Waals surface area contributed by atoms with E-state index in [-0.39, 0.29) is 12.2 Å². The summed E-state index contributed by atoms with van der Waals surface area (Å²) < 4.78 is 4.72. The average Bonchev–Trinajstić information content (AvgIpc) is 2.49. The van der Waals surface area contributed by atoms with Crippen LogP contribution in [0.5, 0.6) is 0 Å². The van der Waals surface area contributed by atoms with Gasteiger partial charge in [-0.2, -0.15) is 0 Å². The Balaban J connectivity index is 2.60. The van der Waals surface area contributed by atoms with Gasteiger partial charge in [-0.3, -0.25) is 9.59 Å². The van der Waals surface area contributed by atoms with Crippen LogP contribution in [0.4, 0.5) is 4.79 Å². The van der Waals surface area contributed by atoms with E-state index in [2.05, 4.69) is 5.32 Å². The van der Waals surface area contributed by atoms with E-state index in [9.17, 15) is 14.4 Å². The third-order valence-corrected chi connectivity index (χ3v) is 2.47. The van der Waals surface area contributed by atoms with Gasteiger partial charge in [0.25, 0.3) is 0 Å². The highest BCUT2D eigenvalue weighted by atomic mass is 16.7. The maximum atomic E-state index is 11.4. The van der Waals surface area contributed by atoms with Crippen molar-refractivity contribution in [2.45, 2.75) is 44.8 Å². The number of amides is 1. The van der Waals surface area contributed by atoms with Gasteiger partial charge in [-0.1, -0.05) is 0 Å². The number of carbonyl (C=O) groups excluding carboxylic acids is 2. The summed E-state index contributed by atoms with van der Waals surface area (Å²) in [6.07, 6.45) is 0.864. The Labute approximate surface area is 93.0 Å². The van der Waals surface area contributed by atoms with Crippen LogP contribution in [-0.4, -0.2) is 28.7 Å². The van der Waals surface area contributed by atoms with Gasteiger partial charge < -0.3 is 15.2 Å². The highest BCUT2D eigenvalue weighted by Crippen LogP contribution is 2.30. The fourth-order valence-corrected chi connectivity index (χ4v) is 1.89. The van der Waals surface area contributed by atoms with Gasteiger partial charge in [-0.25, -0.2) is 4.79 Å². The quantitative estimate of drug-likeness (QED) is 0.427. The molecular weight excluding hydrogens is 214 g/mol. The molecular formula is C10H15NO5. The molecule has 0 unspecified atom stereocenters. The van der Waals surface area contributed by atoms with E-state index in [0.29, 0.717) is 12.8 Å². The molecule has 1 rings (SSSR count). The first kappa shape index (κ1) is 12.5. The van der Waals surface area contributed by atoms with Crippen molar-refractivity contribution in [3.8, 4) is 0 Å². The topological polar surface area (TPSA) is 92.7 Å². The Hall–Kier alpha value is -1.59. The Morgan fingerprint density at radius 1 is 1.31 bits per heavy atom. The molecule has 0 aromatic heterocycles. The minimum atomic E-state index is -1.41. The third kappa shape index (κ3) is 3.52. The molecule has 1 amide bonds. The number of ether oxygens (including phenoxy) is 1. The van der Waals surface area contributed by atoms with Gasteiger partial charge in [0.2, 0.25) is 5.91 Å². The van der Waals surface area contributed by atoms with Gasteiger partial charge >= 0.3 is 6.16 Å². The molecule has 0 spiro atoms. The maximum Gasteiger partial charge on any atom is 0.507 e. The van der Waals surface area contributed by atoms with Gasteiger partial charge in [-0.05, 0) is 19.8 Å². The van der Waals surface area contributed by atoms with E-state index in [0.717, 1.165) is 12.8 Å². The summed E-state index contributed by atoms with van der Waals surface area (Å²) >= 11 is 0. The molecule has 1 saturated carbocycles. The molecule has 2 N–H and O–H groups in total. The maximum absolute atomic E-state index is 11.4. The van der Waals surface area contributed by atoms with E-state index in [4.69, 9.17) is 9.84 Å². The van der Waals surface area contributed by atoms with E-state index in [1.54, 1.807) is 0 Å². The highest BCUT2D eigenvalue weighted by Gasteiger charge is 2.39. The summed E-state index contributed by atoms with van der Waals surface area (Å²) in [5, 5.41) is 11.1. The number of rotatable bonds is 4. The van der Waals surface area contributed by atoms with Crippen LogP contribution in [0.15, 0.2) is 0 Å². The first-order valence-corrected chi connectivity index (χ1v) is 5.16. The number of nitrogens with one attached hydrogen (secondary N) is 1. The van der Waals surface area contributed by atoms with E-state index in [1.165, 1.54) is 6.92 Å². The molecule has 6 heteroatoms. The average molecular weight is 229 g/mol. The predicted molar refractivity (Wildman–Crippen MR) is 53.7 cm³/mol. The van der Waals surface area contributed by atoms with Gasteiger partial charge in [0.05, 0.1) is 6.42 Å². The fraction of sp³-hybridized carbons (Fsp3) is 0.700. The fourth-order valence-electron chi connectivity index (χ4n) is 1.89. The smallest absolute Gasteiger partial charge is 0.450 e. The summed E-state index contributed by atoms with van der Waals surface area (Å²) in [5.41, 5.74) is -1.13. The lowest BCUT2D eigenvalue weighted by atomic mass is 10.1. The summed E-state index contributed by atoms with van der Waals surface area (Å²) in [6.45, 7) is 1.30. The van der Waals surface area contributed by atoms with Gasteiger partial charge in [-0.15, -0.1) is 0 Å². The zero-order valence-electron chi connectivity index (χ0n) is 9.12. The molecule has 0 radical (unpaired) electrons. The van der Waals surface area contributed by atoms with E-state index < -0.39 is 17.8 Å². The standard InChI is InChI=1S/C10H15NO5/c1-7(12)6-8(13)11-10(16-9(14)15)4-2-3-5-10/h2-6H2,1H3,(H,11,13)(H,14,15). The molecule has 0 heterocycles. The van der Waals surface area contributed by atoms with Crippen LogP contribution < -0.4 is 5.32 Å². The number of hydrogen-bond donors (Lipinski definition) is 2. The Morgan fingerprint density at radius 2 is 1.88 bits per heavy atom. The molecule has 1 aliphatic carbocycles. The lowest BCUT2D eigenvalue weighted by Gasteiger charge is -2.28. The van der Waals surface area contributed by atoms with Crippen molar-refractivity contribution >= 4 is 17.8 Å². The third-order valence-electron chi connectivity index (χ3n) is 2.47. The van der Waals surface area contributed by atoms with E-state index in [1.807, 2.05) is 0 Å². The predicted octanol–water partition coefficient (Wildman–Crippen LogP) is 1.05. The van der Waals surface area contributed by atoms with Crippen LogP contribution in [0.1, 0.15) is 39.0 Å². The second-order valence-electron chi connectivity index (χ2n) is 4.00. The second kappa shape index (κ2) is 4.96. The normalized spacial score (nSPS) is 17.8. The lowest BCUT2D eigenvalue weighted by Crippen LogP contribution is -2.49. The number of hydrogen-bond acceptors (Lipinski definition) is 4. The van der Waals surface area contributed by atoms with Crippen molar-refractivity contribution in [2.24, 2.45) is 0 Å². The zero-order chi connectivity index (χ0) is 12.2. The van der Waals surface area contributed by atoms with Crippen molar-refractivity contribution in [3.05, 3.63) is 0 Å². The molecule has 90 valence electrons. The van der Waals surface area contributed by atoms with Crippen LogP contribution in [-0.2, 0) is 14.3 Å². The van der Waals surface area contributed by atoms with Gasteiger partial charge in [0.15, 0.2) is 5.72 Å². The molecule has 0 saturated heterocycles. The molecule has 0 aromatic carbocycles. The van der Waals surface area contributed by atoms with Gasteiger partial charge in [0.1, 0.15) is 5.78 Å². The SMILES string of the molecule is CC(=O)CC(=O)NC1(OC(=O)O)CCCC1. The van der Waals surface area contributed by atoms with Crippen molar-refractivity contribution in [2.75, 3.05) is 0 Å². The van der Waals surface area contributed by atoms with Crippen molar-refractivity contribution in [1.29, 1.82) is 0 Å². The monoisotopic (exact) mass is 229 g/mol. The molecule has 0 aromatic rings. The first-order chi connectivity index (χ1) is 7.43. The molecule has 6 nitrogen and oxygen atoms in total. The minimum Gasteiger partial charge on any atom is -0.450 e. The number of ketones is 1. The largest absolute Gasteiger partial charge is 0.507 e. The van der Waals surface area contributed by atoms with Crippen molar-refractivity contribution in [1.82, 2.24) is 5.32 Å². The Bertz CT molecular complexity index is 306. The Morgan fingerprint density at radius 3 is 2.31 bits per heavy atom.